The molecule has 0 bridgehead atoms. The molecule has 0 aromatic heterocycles. The van der Waals surface area contributed by atoms with Gasteiger partial charge in [0.2, 0.25) is 0 Å². The van der Waals surface area contributed by atoms with Crippen LogP contribution in [0.4, 0.5) is 0 Å². The van der Waals surface area contributed by atoms with Gasteiger partial charge in [0, 0.05) is 12.8 Å². The van der Waals surface area contributed by atoms with E-state index in [0.29, 0.717) is 12.8 Å². The van der Waals surface area contributed by atoms with Gasteiger partial charge in [-0.15, -0.1) is 0 Å². The van der Waals surface area contributed by atoms with E-state index in [1.54, 1.807) is 6.92 Å². The summed E-state index contributed by atoms with van der Waals surface area (Å²) in [7, 11) is 0. The zero-order valence-corrected chi connectivity index (χ0v) is 8.85. The molecule has 3 heteroatoms. The van der Waals surface area contributed by atoms with Crippen LogP contribution in [-0.4, -0.2) is 17.4 Å². The third kappa shape index (κ3) is 7.50. The van der Waals surface area contributed by atoms with Crippen LogP contribution in [0.2, 0.25) is 0 Å². The van der Waals surface area contributed by atoms with Crippen molar-refractivity contribution in [2.24, 2.45) is 0 Å². The predicted molar refractivity (Wildman–Crippen MR) is 50.4 cm³/mol. The lowest BCUT2D eigenvalue weighted by Gasteiger charge is -2.19. The summed E-state index contributed by atoms with van der Waals surface area (Å²) in [5, 5.41) is 0. The Bertz CT molecular complexity index is 189. The van der Waals surface area contributed by atoms with E-state index in [9.17, 15) is 9.59 Å². The fourth-order valence-electron chi connectivity index (χ4n) is 0.811. The third-order valence-corrected chi connectivity index (χ3v) is 1.42. The molecule has 0 saturated heterocycles. The molecule has 0 aliphatic rings. The van der Waals surface area contributed by atoms with Crippen molar-refractivity contribution in [2.75, 3.05) is 0 Å². The Labute approximate surface area is 79.5 Å². The lowest BCUT2D eigenvalue weighted by molar-refractivity contribution is -0.155. The van der Waals surface area contributed by atoms with Crippen LogP contribution in [0.3, 0.4) is 0 Å². The predicted octanol–water partition coefficient (Wildman–Crippen LogP) is 2.09. The smallest absolute Gasteiger partial charge is 0.306 e. The molecule has 0 N–H and O–H groups in total. The summed E-state index contributed by atoms with van der Waals surface area (Å²) >= 11 is 0. The fourth-order valence-corrected chi connectivity index (χ4v) is 0.811. The van der Waals surface area contributed by atoms with E-state index in [1.165, 1.54) is 0 Å². The molecular formula is C10H18O3. The number of rotatable bonds is 4. The van der Waals surface area contributed by atoms with Crippen molar-refractivity contribution in [3.8, 4) is 0 Å². The average molecular weight is 186 g/mol. The Morgan fingerprint density at radius 2 is 1.69 bits per heavy atom. The Morgan fingerprint density at radius 3 is 2.08 bits per heavy atom. The first-order valence-electron chi connectivity index (χ1n) is 4.58. The van der Waals surface area contributed by atoms with E-state index in [2.05, 4.69) is 0 Å². The van der Waals surface area contributed by atoms with Crippen LogP contribution in [-0.2, 0) is 14.3 Å². The zero-order valence-electron chi connectivity index (χ0n) is 8.85. The molecule has 0 atom stereocenters. The Morgan fingerprint density at radius 1 is 1.15 bits per heavy atom. The highest BCUT2D eigenvalue weighted by molar-refractivity contribution is 5.82. The van der Waals surface area contributed by atoms with E-state index in [1.807, 2.05) is 20.8 Å². The summed E-state index contributed by atoms with van der Waals surface area (Å²) in [5.74, 6) is -0.194. The van der Waals surface area contributed by atoms with Gasteiger partial charge in [-0.3, -0.25) is 9.59 Å². The first-order valence-corrected chi connectivity index (χ1v) is 4.58. The zero-order chi connectivity index (χ0) is 10.5. The molecule has 0 unspecified atom stereocenters. The highest BCUT2D eigenvalue weighted by Gasteiger charge is 2.16. The summed E-state index contributed by atoms with van der Waals surface area (Å²) in [6.45, 7) is 7.23. The van der Waals surface area contributed by atoms with Gasteiger partial charge in [0.1, 0.15) is 11.4 Å². The number of hydrogen-bond donors (Lipinski definition) is 0. The van der Waals surface area contributed by atoms with Crippen molar-refractivity contribution < 1.29 is 14.3 Å². The van der Waals surface area contributed by atoms with E-state index in [-0.39, 0.29) is 18.2 Å². The van der Waals surface area contributed by atoms with E-state index in [4.69, 9.17) is 4.74 Å². The molecule has 0 rings (SSSR count). The maximum Gasteiger partial charge on any atom is 0.306 e. The quantitative estimate of drug-likeness (QED) is 0.631. The second kappa shape index (κ2) is 5.00. The maximum absolute atomic E-state index is 11.1. The molecule has 0 saturated carbocycles. The third-order valence-electron chi connectivity index (χ3n) is 1.42. The minimum atomic E-state index is -0.452. The molecule has 0 heterocycles. The summed E-state index contributed by atoms with van der Waals surface area (Å²) in [4.78, 5) is 22.0. The molecule has 0 aliphatic carbocycles. The number of ether oxygens (including phenoxy) is 1. The maximum atomic E-state index is 11.1. The Hall–Kier alpha value is -0.860. The van der Waals surface area contributed by atoms with Crippen molar-refractivity contribution in [1.29, 1.82) is 0 Å². The number of carbonyl (C=O) groups is 2. The number of carbonyl (C=O) groups excluding carboxylic acids is 2. The van der Waals surface area contributed by atoms with E-state index < -0.39 is 5.60 Å². The Balaban J connectivity index is 3.71. The van der Waals surface area contributed by atoms with E-state index in [0.717, 1.165) is 0 Å². The molecule has 0 aromatic rings. The van der Waals surface area contributed by atoms with Crippen molar-refractivity contribution in [3.05, 3.63) is 0 Å². The van der Waals surface area contributed by atoms with Gasteiger partial charge in [-0.2, -0.15) is 0 Å². The van der Waals surface area contributed by atoms with Crippen molar-refractivity contribution in [3.63, 3.8) is 0 Å². The van der Waals surface area contributed by atoms with Gasteiger partial charge in [-0.1, -0.05) is 6.92 Å². The summed E-state index contributed by atoms with van der Waals surface area (Å²) < 4.78 is 5.04. The second-order valence-electron chi connectivity index (χ2n) is 3.98. The van der Waals surface area contributed by atoms with Gasteiger partial charge >= 0.3 is 5.97 Å². The van der Waals surface area contributed by atoms with Crippen LogP contribution >= 0.6 is 0 Å². The molecule has 76 valence electrons. The normalized spacial score (nSPS) is 11.1. The van der Waals surface area contributed by atoms with Gasteiger partial charge in [0.25, 0.3) is 0 Å². The van der Waals surface area contributed by atoms with E-state index >= 15 is 0 Å². The molecular weight excluding hydrogens is 168 g/mol. The topological polar surface area (TPSA) is 43.4 Å². The van der Waals surface area contributed by atoms with Crippen LogP contribution in [0.1, 0.15) is 47.0 Å². The van der Waals surface area contributed by atoms with Crippen molar-refractivity contribution in [2.45, 2.75) is 52.6 Å². The van der Waals surface area contributed by atoms with Crippen LogP contribution in [0, 0.1) is 0 Å². The van der Waals surface area contributed by atoms with Gasteiger partial charge in [0.05, 0.1) is 6.42 Å². The summed E-state index contributed by atoms with van der Waals surface area (Å²) in [6, 6.07) is 0. The first-order chi connectivity index (χ1) is 5.85. The fraction of sp³-hybridized carbons (Fsp3) is 0.800. The van der Waals surface area contributed by atoms with Crippen molar-refractivity contribution in [1.82, 2.24) is 0 Å². The monoisotopic (exact) mass is 186 g/mol. The van der Waals surface area contributed by atoms with Crippen LogP contribution in [0.5, 0.6) is 0 Å². The lowest BCUT2D eigenvalue weighted by Crippen LogP contribution is -2.24. The molecule has 0 amide bonds. The number of hydrogen-bond acceptors (Lipinski definition) is 3. The summed E-state index contributed by atoms with van der Waals surface area (Å²) in [5.41, 5.74) is -0.452. The molecule has 0 spiro atoms. The minimum absolute atomic E-state index is 0.103. The molecule has 0 aliphatic heterocycles. The molecule has 0 aromatic carbocycles. The molecule has 13 heavy (non-hydrogen) atoms. The van der Waals surface area contributed by atoms with Crippen molar-refractivity contribution >= 4 is 11.8 Å². The minimum Gasteiger partial charge on any atom is -0.460 e. The Kier molecular flexibility index (Phi) is 4.67. The van der Waals surface area contributed by atoms with Gasteiger partial charge < -0.3 is 4.74 Å². The molecule has 3 nitrogen and oxygen atoms in total. The molecule has 0 radical (unpaired) electrons. The van der Waals surface area contributed by atoms with Gasteiger partial charge in [-0.25, -0.2) is 0 Å². The number of esters is 1. The largest absolute Gasteiger partial charge is 0.460 e. The highest BCUT2D eigenvalue weighted by Crippen LogP contribution is 2.09. The van der Waals surface area contributed by atoms with Crippen LogP contribution < -0.4 is 0 Å². The average Bonchev–Trinajstić information content (AvgIpc) is 1.97. The molecule has 0 fully saturated rings. The second-order valence-corrected chi connectivity index (χ2v) is 3.98. The first kappa shape index (κ1) is 12.1. The van der Waals surface area contributed by atoms with Gasteiger partial charge in [-0.05, 0) is 20.8 Å². The number of Topliss-reactive ketones (excluding diaryl/α,β-unsaturated/α-hetero) is 1. The van der Waals surface area contributed by atoms with Crippen LogP contribution in [0.25, 0.3) is 0 Å². The SMILES string of the molecule is CCC(=O)CCC(=O)OC(C)(C)C. The highest BCUT2D eigenvalue weighted by atomic mass is 16.6. The lowest BCUT2D eigenvalue weighted by atomic mass is 10.1. The number of ketones is 1. The van der Waals surface area contributed by atoms with Crippen LogP contribution in [0.15, 0.2) is 0 Å². The standard InChI is InChI=1S/C10H18O3/c1-5-8(11)6-7-9(12)13-10(2,3)4/h5-7H2,1-4H3. The summed E-state index contributed by atoms with van der Waals surface area (Å²) in [6.07, 6.45) is 0.984. The van der Waals surface area contributed by atoms with Gasteiger partial charge in [0.15, 0.2) is 0 Å².